The highest BCUT2D eigenvalue weighted by Crippen LogP contribution is 2.43. The Kier molecular flexibility index (Phi) is 5.45. The third-order valence-electron chi connectivity index (χ3n) is 5.80. The fraction of sp³-hybridized carbons (Fsp3) is 0.217. The smallest absolute Gasteiger partial charge is 0.267 e. The molecule has 0 bridgehead atoms. The van der Waals surface area contributed by atoms with Crippen molar-refractivity contribution in [1.82, 2.24) is 24.5 Å². The third-order valence-corrected chi connectivity index (χ3v) is 6.12. The minimum atomic E-state index is -0.681. The van der Waals surface area contributed by atoms with Gasteiger partial charge in [0.15, 0.2) is 5.82 Å². The van der Waals surface area contributed by atoms with Crippen molar-refractivity contribution in [2.45, 2.75) is 25.8 Å². The molecular weight excluding hydrogens is 473 g/mol. The van der Waals surface area contributed by atoms with Gasteiger partial charge < -0.3 is 16.8 Å². The minimum absolute atomic E-state index is 0.0291. The number of aromatic nitrogens is 5. The molecular formula is C23H19ClFN9O. The molecule has 12 heteroatoms. The highest BCUT2D eigenvalue weighted by molar-refractivity contribution is 6.35. The molecule has 4 aromatic rings. The lowest BCUT2D eigenvalue weighted by atomic mass is 10.1. The van der Waals surface area contributed by atoms with Gasteiger partial charge in [-0.15, -0.1) is 0 Å². The number of nitrogen functional groups attached to an aromatic ring is 2. The van der Waals surface area contributed by atoms with Gasteiger partial charge in [0.05, 0.1) is 28.3 Å². The largest absolute Gasteiger partial charge is 0.384 e. The van der Waals surface area contributed by atoms with Crippen molar-refractivity contribution in [1.29, 1.82) is 5.26 Å². The number of fused-ring (bicyclic) bond motifs is 1. The number of hydrogen-bond acceptors (Lipinski definition) is 9. The summed E-state index contributed by atoms with van der Waals surface area (Å²) in [6.45, 7) is 1.65. The number of nitrogens with two attached hydrogens (primary N) is 2. The molecule has 0 aliphatic heterocycles. The first-order chi connectivity index (χ1) is 16.8. The second-order valence-corrected chi connectivity index (χ2v) is 8.66. The normalized spacial score (nSPS) is 14.0. The van der Waals surface area contributed by atoms with E-state index in [-0.39, 0.29) is 50.7 Å². The number of nitriles is 1. The summed E-state index contributed by atoms with van der Waals surface area (Å²) < 4.78 is 16.2. The average molecular weight is 492 g/mol. The van der Waals surface area contributed by atoms with Crippen LogP contribution in [0.1, 0.15) is 36.1 Å². The molecule has 0 radical (unpaired) electrons. The van der Waals surface area contributed by atoms with Gasteiger partial charge in [-0.05, 0) is 49.9 Å². The van der Waals surface area contributed by atoms with Gasteiger partial charge in [-0.25, -0.2) is 24.3 Å². The van der Waals surface area contributed by atoms with E-state index in [1.807, 2.05) is 6.07 Å². The average Bonchev–Trinajstić information content (AvgIpc) is 3.65. The van der Waals surface area contributed by atoms with E-state index in [0.717, 1.165) is 18.9 Å². The van der Waals surface area contributed by atoms with Gasteiger partial charge in [0.2, 0.25) is 0 Å². The van der Waals surface area contributed by atoms with Crippen molar-refractivity contribution >= 4 is 40.0 Å². The van der Waals surface area contributed by atoms with E-state index in [2.05, 4.69) is 25.3 Å². The molecule has 1 aromatic carbocycles. The van der Waals surface area contributed by atoms with Crippen LogP contribution in [0.2, 0.25) is 5.02 Å². The van der Waals surface area contributed by atoms with Crippen molar-refractivity contribution < 1.29 is 4.39 Å². The van der Waals surface area contributed by atoms with E-state index in [9.17, 15) is 14.4 Å². The molecule has 35 heavy (non-hydrogen) atoms. The van der Waals surface area contributed by atoms with E-state index in [1.165, 1.54) is 16.8 Å². The first-order valence-electron chi connectivity index (χ1n) is 10.7. The van der Waals surface area contributed by atoms with Crippen LogP contribution >= 0.6 is 11.6 Å². The maximum absolute atomic E-state index is 14.8. The number of nitrogens with one attached hydrogen (secondary N) is 1. The SMILES string of the molecule is Cc1nc(N)c(C#N)c(N[C@H](c2nc3c(F)ccc(Cl)c3c(=O)n2-c2ccc(N)nc2)C2CC2)n1. The number of aryl methyl sites for hydroxylation is 1. The van der Waals surface area contributed by atoms with Gasteiger partial charge in [0.25, 0.3) is 5.56 Å². The fourth-order valence-corrected chi connectivity index (χ4v) is 4.23. The Labute approximate surface area is 203 Å². The molecule has 176 valence electrons. The highest BCUT2D eigenvalue weighted by Gasteiger charge is 2.37. The van der Waals surface area contributed by atoms with Gasteiger partial charge in [0.1, 0.15) is 46.3 Å². The zero-order chi connectivity index (χ0) is 24.9. The van der Waals surface area contributed by atoms with Gasteiger partial charge in [-0.1, -0.05) is 11.6 Å². The van der Waals surface area contributed by atoms with Crippen molar-refractivity contribution in [3.63, 3.8) is 0 Å². The first kappa shape index (κ1) is 22.5. The maximum atomic E-state index is 14.8. The van der Waals surface area contributed by atoms with E-state index in [4.69, 9.17) is 23.1 Å². The lowest BCUT2D eigenvalue weighted by molar-refractivity contribution is 0.599. The fourth-order valence-electron chi connectivity index (χ4n) is 4.00. The Morgan fingerprint density at radius 2 is 2.00 bits per heavy atom. The van der Waals surface area contributed by atoms with Crippen LogP contribution in [0.15, 0.2) is 35.3 Å². The lowest BCUT2D eigenvalue weighted by Gasteiger charge is -2.24. The van der Waals surface area contributed by atoms with Crippen molar-refractivity contribution in [3.05, 3.63) is 68.9 Å². The number of halogens is 2. The van der Waals surface area contributed by atoms with Crippen LogP contribution in [0, 0.1) is 30.0 Å². The molecule has 0 amide bonds. The summed E-state index contributed by atoms with van der Waals surface area (Å²) >= 11 is 6.29. The summed E-state index contributed by atoms with van der Waals surface area (Å²) in [7, 11) is 0. The molecule has 3 heterocycles. The quantitative estimate of drug-likeness (QED) is 0.380. The molecule has 0 spiro atoms. The first-order valence-corrected chi connectivity index (χ1v) is 11.1. The number of benzene rings is 1. The van der Waals surface area contributed by atoms with E-state index in [0.29, 0.717) is 11.5 Å². The van der Waals surface area contributed by atoms with Gasteiger partial charge in [0, 0.05) is 0 Å². The summed E-state index contributed by atoms with van der Waals surface area (Å²) in [5, 5.41) is 12.9. The van der Waals surface area contributed by atoms with Crippen LogP contribution in [-0.2, 0) is 0 Å². The number of anilines is 3. The van der Waals surface area contributed by atoms with Crippen molar-refractivity contribution in [2.24, 2.45) is 5.92 Å². The summed E-state index contributed by atoms with van der Waals surface area (Å²) in [5.41, 5.74) is 11.4. The molecule has 0 saturated heterocycles. The Hall–Kier alpha value is -4.30. The lowest BCUT2D eigenvalue weighted by Crippen LogP contribution is -2.30. The maximum Gasteiger partial charge on any atom is 0.267 e. The molecule has 1 saturated carbocycles. The molecule has 1 atom stereocenters. The predicted molar refractivity (Wildman–Crippen MR) is 129 cm³/mol. The van der Waals surface area contributed by atoms with E-state index < -0.39 is 17.4 Å². The second kappa shape index (κ2) is 8.48. The number of nitrogens with zero attached hydrogens (tertiary/aromatic N) is 6. The van der Waals surface area contributed by atoms with Crippen LogP contribution in [0.3, 0.4) is 0 Å². The molecule has 1 aliphatic carbocycles. The van der Waals surface area contributed by atoms with Gasteiger partial charge >= 0.3 is 0 Å². The van der Waals surface area contributed by atoms with Crippen LogP contribution < -0.4 is 22.3 Å². The van der Waals surface area contributed by atoms with Gasteiger partial charge in [-0.2, -0.15) is 5.26 Å². The Morgan fingerprint density at radius 1 is 1.23 bits per heavy atom. The predicted octanol–water partition coefficient (Wildman–Crippen LogP) is 3.27. The van der Waals surface area contributed by atoms with Crippen LogP contribution in [0.5, 0.6) is 0 Å². The molecule has 10 nitrogen and oxygen atoms in total. The molecule has 5 N–H and O–H groups in total. The third kappa shape index (κ3) is 3.98. The standard InChI is InChI=1S/C23H19ClFN9O/c1-10-30-20(28)13(8-26)21(31-10)32-18(11-2-3-11)22-33-19-15(25)6-5-14(24)17(19)23(35)34(22)12-4-7-16(27)29-9-12/h4-7,9,11,18H,2-3H2,1H3,(H2,27,29)(H3,28,30,31,32)/t18-/m0/s1. The summed E-state index contributed by atoms with van der Waals surface area (Å²) in [5.74, 6) is 0.444. The van der Waals surface area contributed by atoms with E-state index >= 15 is 0 Å². The van der Waals surface area contributed by atoms with Crippen molar-refractivity contribution in [3.8, 4) is 11.8 Å². The number of pyridine rings is 1. The Bertz CT molecular complexity index is 1580. The van der Waals surface area contributed by atoms with Crippen LogP contribution in [-0.4, -0.2) is 24.5 Å². The molecule has 1 fully saturated rings. The zero-order valence-electron chi connectivity index (χ0n) is 18.5. The number of hydrogen-bond donors (Lipinski definition) is 3. The monoisotopic (exact) mass is 491 g/mol. The highest BCUT2D eigenvalue weighted by atomic mass is 35.5. The topological polar surface area (TPSA) is 161 Å². The number of rotatable bonds is 5. The summed E-state index contributed by atoms with van der Waals surface area (Å²) in [4.78, 5) is 30.8. The van der Waals surface area contributed by atoms with Gasteiger partial charge in [-0.3, -0.25) is 9.36 Å². The molecule has 3 aromatic heterocycles. The summed E-state index contributed by atoms with van der Waals surface area (Å²) in [6, 6.07) is 7.05. The van der Waals surface area contributed by atoms with Crippen molar-refractivity contribution in [2.75, 3.05) is 16.8 Å². The summed E-state index contributed by atoms with van der Waals surface area (Å²) in [6.07, 6.45) is 3.08. The zero-order valence-corrected chi connectivity index (χ0v) is 19.2. The van der Waals surface area contributed by atoms with Crippen LogP contribution in [0.4, 0.5) is 21.8 Å². The Morgan fingerprint density at radius 3 is 2.66 bits per heavy atom. The minimum Gasteiger partial charge on any atom is -0.384 e. The Balaban J connectivity index is 1.79. The molecule has 5 rings (SSSR count). The molecule has 1 aliphatic rings. The molecule has 0 unspecified atom stereocenters. The second-order valence-electron chi connectivity index (χ2n) is 8.26. The van der Waals surface area contributed by atoms with Crippen LogP contribution in [0.25, 0.3) is 16.6 Å². The van der Waals surface area contributed by atoms with E-state index in [1.54, 1.807) is 19.1 Å².